The van der Waals surface area contributed by atoms with Gasteiger partial charge in [0, 0.05) is 58.6 Å². The van der Waals surface area contributed by atoms with Crippen molar-refractivity contribution in [3.63, 3.8) is 0 Å². The summed E-state index contributed by atoms with van der Waals surface area (Å²) >= 11 is 12.4. The third-order valence-electron chi connectivity index (χ3n) is 4.64. The average molecular weight is 437 g/mol. The number of anilines is 1. The summed E-state index contributed by atoms with van der Waals surface area (Å²) in [7, 11) is 2.54. The van der Waals surface area contributed by atoms with Crippen LogP contribution >= 0.6 is 23.2 Å². The maximum atomic E-state index is 12.3. The highest BCUT2D eigenvalue weighted by atomic mass is 35.5. The van der Waals surface area contributed by atoms with Gasteiger partial charge in [-0.25, -0.2) is 4.79 Å². The molecule has 28 heavy (non-hydrogen) atoms. The van der Waals surface area contributed by atoms with Gasteiger partial charge in [0.2, 0.25) is 0 Å². The van der Waals surface area contributed by atoms with Crippen LogP contribution in [0.25, 0.3) is 0 Å². The summed E-state index contributed by atoms with van der Waals surface area (Å²) in [5.74, 6) is -2.94. The molecule has 0 atom stereocenters. The first kappa shape index (κ1) is 11.9. The molecular weight excluding hydrogens is 395 g/mol. The van der Waals surface area contributed by atoms with Gasteiger partial charge in [0.15, 0.2) is 0 Å². The van der Waals surface area contributed by atoms with Gasteiger partial charge in [0.05, 0.1) is 17.1 Å². The Hall–Kier alpha value is -1.17. The number of amides is 2. The minimum absolute atomic E-state index is 0.0130. The van der Waals surface area contributed by atoms with E-state index >= 15 is 0 Å². The lowest BCUT2D eigenvalue weighted by atomic mass is 9.84. The Bertz CT molecular complexity index is 1040. The summed E-state index contributed by atoms with van der Waals surface area (Å²) in [6, 6.07) is 0.830. The van der Waals surface area contributed by atoms with E-state index in [4.69, 9.17) is 36.9 Å². The third-order valence-corrected chi connectivity index (χ3v) is 5.45. The lowest BCUT2D eigenvalue weighted by Gasteiger charge is -2.37. The Morgan fingerprint density at radius 3 is 2.54 bits per heavy atom. The summed E-state index contributed by atoms with van der Waals surface area (Å²) in [6.07, 6.45) is -14.3. The zero-order valence-corrected chi connectivity index (χ0v) is 17.5. The fourth-order valence-electron chi connectivity index (χ4n) is 2.96. The fourth-order valence-corrected chi connectivity index (χ4v) is 3.38. The molecule has 0 spiro atoms. The minimum atomic E-state index is -3.48. The topological polar surface area (TPSA) is 38.8 Å². The van der Waals surface area contributed by atoms with Crippen molar-refractivity contribution in [1.29, 1.82) is 0 Å². The molecule has 1 aliphatic carbocycles. The van der Waals surface area contributed by atoms with Crippen LogP contribution in [0.2, 0.25) is 10.0 Å². The quantitative estimate of drug-likeness (QED) is 0.745. The van der Waals surface area contributed by atoms with Gasteiger partial charge >= 0.3 is 6.03 Å². The van der Waals surface area contributed by atoms with Gasteiger partial charge in [0.1, 0.15) is 0 Å². The number of rotatable bonds is 5. The molecule has 3 rings (SSSR count). The first-order chi connectivity index (χ1) is 17.2. The Morgan fingerprint density at radius 2 is 1.89 bits per heavy atom. The normalized spacial score (nSPS) is 41.2. The summed E-state index contributed by atoms with van der Waals surface area (Å²) in [5.41, 5.74) is 0.753. The summed E-state index contributed by atoms with van der Waals surface area (Å²) < 4.78 is 85.8. The van der Waals surface area contributed by atoms with E-state index < -0.39 is 49.9 Å². The zero-order chi connectivity index (χ0) is 29.1. The lowest BCUT2D eigenvalue weighted by Crippen LogP contribution is -2.47. The molecule has 2 aliphatic rings. The second-order valence-corrected chi connectivity index (χ2v) is 7.61. The number of piperazine rings is 1. The average Bonchev–Trinajstić information content (AvgIpc) is 2.83. The lowest BCUT2D eigenvalue weighted by molar-refractivity contribution is 0.194. The third kappa shape index (κ3) is 5.68. The monoisotopic (exact) mass is 436 g/mol. The van der Waals surface area contributed by atoms with Crippen LogP contribution in [0.15, 0.2) is 18.2 Å². The van der Waals surface area contributed by atoms with E-state index in [0.29, 0.717) is 36.2 Å². The molecule has 1 N–H and O–H groups in total. The number of halogens is 2. The second-order valence-electron chi connectivity index (χ2n) is 6.83. The molecule has 1 saturated heterocycles. The predicted octanol–water partition coefficient (Wildman–Crippen LogP) is 4.34. The highest BCUT2D eigenvalue weighted by Gasteiger charge is 2.24. The smallest absolute Gasteiger partial charge is 0.317 e. The molecule has 1 aromatic rings. The first-order valence-electron chi connectivity index (χ1n) is 14.1. The van der Waals surface area contributed by atoms with Crippen LogP contribution in [-0.2, 0) is 0 Å². The maximum absolute atomic E-state index is 12.3. The predicted molar refractivity (Wildman–Crippen MR) is 118 cm³/mol. The van der Waals surface area contributed by atoms with Crippen molar-refractivity contribution in [2.75, 3.05) is 51.7 Å². The number of hydrogen-bond acceptors (Lipinski definition) is 3. The number of nitrogens with zero attached hydrogens (tertiary/aromatic N) is 3. The fraction of sp³-hybridized carbons (Fsp3) is 0.667. The molecule has 1 heterocycles. The molecule has 7 heteroatoms. The van der Waals surface area contributed by atoms with Crippen molar-refractivity contribution in [2.24, 2.45) is 5.89 Å². The molecule has 2 amide bonds. The standard InChI is InChI=1S/C21H32Cl2N4O/c1-25(2)21(28)24-17-8-6-16(7-9-17)10-11-26-12-14-27(15-13-26)19-5-3-4-18(22)20(19)23/h3-5,16-17H,6-15H2,1-2H3,(H,24,28)/i6D2,7D2,8D2,9D2,16D,17D. The highest BCUT2D eigenvalue weighted by Crippen LogP contribution is 2.33. The van der Waals surface area contributed by atoms with Crippen molar-refractivity contribution in [3.05, 3.63) is 28.2 Å². The van der Waals surface area contributed by atoms with Crippen molar-refractivity contribution in [2.45, 2.75) is 37.9 Å². The summed E-state index contributed by atoms with van der Waals surface area (Å²) in [4.78, 5) is 17.1. The van der Waals surface area contributed by atoms with Crippen LogP contribution in [0.3, 0.4) is 0 Å². The molecule has 0 aromatic heterocycles. The van der Waals surface area contributed by atoms with Gasteiger partial charge in [0.25, 0.3) is 0 Å². The number of hydrogen-bond donors (Lipinski definition) is 1. The van der Waals surface area contributed by atoms with Crippen LogP contribution in [0.5, 0.6) is 0 Å². The van der Waals surface area contributed by atoms with Gasteiger partial charge in [-0.2, -0.15) is 0 Å². The van der Waals surface area contributed by atoms with E-state index in [1.54, 1.807) is 12.1 Å². The van der Waals surface area contributed by atoms with E-state index in [2.05, 4.69) is 0 Å². The van der Waals surface area contributed by atoms with Crippen LogP contribution in [-0.4, -0.2) is 68.7 Å². The molecule has 1 saturated carbocycles. The van der Waals surface area contributed by atoms with Crippen molar-refractivity contribution in [1.82, 2.24) is 15.1 Å². The van der Waals surface area contributed by atoms with Crippen LogP contribution in [0, 0.1) is 5.89 Å². The van der Waals surface area contributed by atoms with E-state index in [9.17, 15) is 4.79 Å². The van der Waals surface area contributed by atoms with Crippen LogP contribution in [0.1, 0.15) is 45.6 Å². The van der Waals surface area contributed by atoms with Crippen LogP contribution in [0.4, 0.5) is 10.5 Å². The highest BCUT2D eigenvalue weighted by molar-refractivity contribution is 6.43. The van der Waals surface area contributed by atoms with E-state index in [1.807, 2.05) is 21.2 Å². The van der Waals surface area contributed by atoms with Gasteiger partial charge in [-0.05, 0) is 56.5 Å². The van der Waals surface area contributed by atoms with Crippen molar-refractivity contribution >= 4 is 34.9 Å². The first-order valence-corrected chi connectivity index (χ1v) is 9.86. The second kappa shape index (κ2) is 10.0. The Morgan fingerprint density at radius 1 is 1.21 bits per heavy atom. The number of nitrogens with one attached hydrogen (secondary N) is 1. The molecule has 156 valence electrons. The number of urea groups is 1. The molecule has 0 bridgehead atoms. The molecule has 5 nitrogen and oxygen atoms in total. The molecular formula is C21H32Cl2N4O. The summed E-state index contributed by atoms with van der Waals surface area (Å²) in [6.45, 7) is 1.91. The Labute approximate surface area is 193 Å². The molecule has 1 aromatic carbocycles. The van der Waals surface area contributed by atoms with Crippen molar-refractivity contribution in [3.8, 4) is 0 Å². The molecule has 2 fully saturated rings. The van der Waals surface area contributed by atoms with Gasteiger partial charge in [-0.15, -0.1) is 0 Å². The van der Waals surface area contributed by atoms with Crippen molar-refractivity contribution < 1.29 is 18.5 Å². The van der Waals surface area contributed by atoms with Gasteiger partial charge < -0.3 is 15.1 Å². The molecule has 0 radical (unpaired) electrons. The van der Waals surface area contributed by atoms with Crippen LogP contribution < -0.4 is 10.2 Å². The maximum Gasteiger partial charge on any atom is 0.317 e. The molecule has 0 unspecified atom stereocenters. The van der Waals surface area contributed by atoms with E-state index in [0.717, 1.165) is 10.6 Å². The number of benzene rings is 1. The van der Waals surface area contributed by atoms with E-state index in [-0.39, 0.29) is 6.54 Å². The van der Waals surface area contributed by atoms with E-state index in [1.165, 1.54) is 14.1 Å². The van der Waals surface area contributed by atoms with Gasteiger partial charge in [-0.1, -0.05) is 29.3 Å². The summed E-state index contributed by atoms with van der Waals surface area (Å²) in [5, 5.41) is 2.70. The Balaban J connectivity index is 1.85. The SMILES string of the molecule is [2H]C1([2H])C([2H])([2H])C([2H])(NC(=O)N(C)C)C([2H])([2H])C([2H])([2H])C1([2H])CCN1CCN(c2cccc(Cl)c2Cl)CC1. The van der Waals surface area contributed by atoms with Gasteiger partial charge in [-0.3, -0.25) is 4.90 Å². The number of carbonyl (C=O) groups is 1. The minimum Gasteiger partial charge on any atom is -0.368 e. The largest absolute Gasteiger partial charge is 0.368 e. The Kier molecular flexibility index (Phi) is 4.26. The number of carbonyl (C=O) groups excluding carboxylic acids is 1. The molecule has 1 aliphatic heterocycles. The zero-order valence-electron chi connectivity index (χ0n) is 26.0.